The Bertz CT molecular complexity index is 1080. The molecule has 37 heavy (non-hydrogen) atoms. The van der Waals surface area contributed by atoms with Gasteiger partial charge in [0.1, 0.15) is 0 Å². The molecule has 1 amide bonds. The van der Waals surface area contributed by atoms with Crippen molar-refractivity contribution in [1.82, 2.24) is 19.8 Å². The molecule has 0 radical (unpaired) electrons. The predicted molar refractivity (Wildman–Crippen MR) is 149 cm³/mol. The zero-order chi connectivity index (χ0) is 26.0. The number of imidazole rings is 1. The standard InChI is InChI=1S/C28H39N5O.CH3NO/c1-22-18-33(21-30-22)26-16-23(19-31-13-10-24(20-31)29-2)15-25(17-26)32-12-6-9-28(11-14-32)34-27-7-4-3-5-8-27;2-1-3/h3-4,7,15-18,21,24,28-29H,5-6,8-14,19-20H2,1-2H3;1H,(H2,2,3). The summed E-state index contributed by atoms with van der Waals surface area (Å²) in [4.78, 5) is 18.2. The van der Waals surface area contributed by atoms with Crippen LogP contribution >= 0.6 is 0 Å². The van der Waals surface area contributed by atoms with E-state index in [4.69, 9.17) is 9.53 Å². The molecule has 2 aromatic rings. The van der Waals surface area contributed by atoms with Gasteiger partial charge < -0.3 is 25.3 Å². The fraction of sp³-hybridized carbons (Fsp3) is 0.517. The lowest BCUT2D eigenvalue weighted by atomic mass is 10.1. The summed E-state index contributed by atoms with van der Waals surface area (Å²) < 4.78 is 8.55. The molecular weight excluding hydrogens is 464 g/mol. The zero-order valence-corrected chi connectivity index (χ0v) is 22.3. The first-order chi connectivity index (χ1) is 18.1. The van der Waals surface area contributed by atoms with E-state index in [9.17, 15) is 0 Å². The lowest BCUT2D eigenvalue weighted by molar-refractivity contribution is -0.106. The average Bonchev–Trinajstić information content (AvgIpc) is 3.48. The number of aromatic nitrogens is 2. The first-order valence-electron chi connectivity index (χ1n) is 13.5. The van der Waals surface area contributed by atoms with Gasteiger partial charge in [0.15, 0.2) is 0 Å². The van der Waals surface area contributed by atoms with E-state index in [2.05, 4.69) is 87.0 Å². The number of carbonyl (C=O) groups is 1. The summed E-state index contributed by atoms with van der Waals surface area (Å²) in [7, 11) is 2.08. The Morgan fingerprint density at radius 2 is 2.00 bits per heavy atom. The number of nitrogens with zero attached hydrogens (tertiary/aromatic N) is 4. The summed E-state index contributed by atoms with van der Waals surface area (Å²) in [6.07, 6.45) is 17.8. The number of allylic oxidation sites excluding steroid dienone is 4. The highest BCUT2D eigenvalue weighted by Gasteiger charge is 2.23. The molecular formula is C29H42N6O2. The Morgan fingerprint density at radius 1 is 1.16 bits per heavy atom. The predicted octanol–water partition coefficient (Wildman–Crippen LogP) is 3.69. The van der Waals surface area contributed by atoms with Crippen molar-refractivity contribution < 1.29 is 9.53 Å². The molecule has 2 saturated heterocycles. The van der Waals surface area contributed by atoms with Gasteiger partial charge in [-0.15, -0.1) is 0 Å². The number of benzene rings is 1. The third-order valence-corrected chi connectivity index (χ3v) is 7.39. The van der Waals surface area contributed by atoms with Crippen LogP contribution in [0, 0.1) is 6.92 Å². The number of carbonyl (C=O) groups excluding carboxylic acids is 1. The zero-order valence-electron chi connectivity index (χ0n) is 22.3. The highest BCUT2D eigenvalue weighted by Crippen LogP contribution is 2.28. The number of hydrogen-bond acceptors (Lipinski definition) is 6. The molecule has 1 aromatic carbocycles. The molecule has 200 valence electrons. The summed E-state index contributed by atoms with van der Waals surface area (Å²) in [5, 5.41) is 3.44. The van der Waals surface area contributed by atoms with Gasteiger partial charge in [0.2, 0.25) is 6.41 Å². The second kappa shape index (κ2) is 13.4. The van der Waals surface area contributed by atoms with Gasteiger partial charge in [-0.05, 0) is 69.5 Å². The minimum atomic E-state index is 0.250. The molecule has 0 saturated carbocycles. The maximum Gasteiger partial charge on any atom is 0.204 e. The highest BCUT2D eigenvalue weighted by atomic mass is 16.5. The van der Waals surface area contributed by atoms with Crippen molar-refractivity contribution in [2.24, 2.45) is 5.73 Å². The number of anilines is 1. The molecule has 2 unspecified atom stereocenters. The smallest absolute Gasteiger partial charge is 0.204 e. The van der Waals surface area contributed by atoms with Crippen molar-refractivity contribution in [1.29, 1.82) is 0 Å². The molecule has 2 aliphatic heterocycles. The monoisotopic (exact) mass is 506 g/mol. The topological polar surface area (TPSA) is 88.7 Å². The molecule has 3 heterocycles. The molecule has 0 spiro atoms. The number of nitrogens with one attached hydrogen (secondary N) is 1. The Morgan fingerprint density at radius 3 is 2.70 bits per heavy atom. The number of primary amides is 1. The maximum absolute atomic E-state index is 8.58. The number of likely N-dealkylation sites (tertiary alicyclic amines) is 1. The van der Waals surface area contributed by atoms with Crippen LogP contribution in [0.1, 0.15) is 49.8 Å². The summed E-state index contributed by atoms with van der Waals surface area (Å²) in [6, 6.07) is 7.69. The molecule has 5 rings (SSSR count). The minimum absolute atomic E-state index is 0.250. The average molecular weight is 507 g/mol. The number of rotatable bonds is 7. The van der Waals surface area contributed by atoms with Crippen LogP contribution in [-0.2, 0) is 16.1 Å². The second-order valence-electron chi connectivity index (χ2n) is 10.2. The molecule has 3 N–H and O–H groups in total. The molecule has 0 bridgehead atoms. The van der Waals surface area contributed by atoms with Gasteiger partial charge in [-0.1, -0.05) is 12.2 Å². The first-order valence-corrected chi connectivity index (χ1v) is 13.5. The van der Waals surface area contributed by atoms with E-state index in [0.717, 1.165) is 76.3 Å². The highest BCUT2D eigenvalue weighted by molar-refractivity contribution is 5.56. The quantitative estimate of drug-likeness (QED) is 0.557. The molecule has 1 aromatic heterocycles. The summed E-state index contributed by atoms with van der Waals surface area (Å²) in [6.45, 7) is 7.43. The number of likely N-dealkylation sites (N-methyl/N-ethyl adjacent to an activating group) is 1. The lowest BCUT2D eigenvalue weighted by Crippen LogP contribution is -2.29. The SMILES string of the molecule is CNC1CCN(Cc2cc(N3CCCC(OC4=CC=CCC4)CC3)cc(-n3cnc(C)c3)c2)C1.NC=O. The van der Waals surface area contributed by atoms with E-state index in [-0.39, 0.29) is 6.41 Å². The second-order valence-corrected chi connectivity index (χ2v) is 10.2. The molecule has 1 aliphatic carbocycles. The van der Waals surface area contributed by atoms with E-state index >= 15 is 0 Å². The Balaban J connectivity index is 0.00000102. The van der Waals surface area contributed by atoms with Crippen molar-refractivity contribution in [2.45, 2.75) is 64.1 Å². The Labute approximate surface area is 221 Å². The van der Waals surface area contributed by atoms with E-state index < -0.39 is 0 Å². The van der Waals surface area contributed by atoms with Crippen LogP contribution in [0.5, 0.6) is 0 Å². The fourth-order valence-electron chi connectivity index (χ4n) is 5.45. The van der Waals surface area contributed by atoms with Crippen LogP contribution in [0.25, 0.3) is 5.69 Å². The van der Waals surface area contributed by atoms with Gasteiger partial charge in [0, 0.05) is 69.2 Å². The number of amides is 1. The van der Waals surface area contributed by atoms with Crippen molar-refractivity contribution in [2.75, 3.05) is 38.1 Å². The molecule has 2 atom stereocenters. The first kappa shape index (κ1) is 26.9. The molecule has 8 nitrogen and oxygen atoms in total. The number of nitrogens with two attached hydrogens (primary N) is 1. The van der Waals surface area contributed by atoms with Gasteiger partial charge in [-0.2, -0.15) is 0 Å². The van der Waals surface area contributed by atoms with Gasteiger partial charge in [-0.3, -0.25) is 9.69 Å². The number of hydrogen-bond donors (Lipinski definition) is 2. The van der Waals surface area contributed by atoms with Gasteiger partial charge in [-0.25, -0.2) is 4.98 Å². The summed E-state index contributed by atoms with van der Waals surface area (Å²) in [5.41, 5.74) is 9.12. The largest absolute Gasteiger partial charge is 0.495 e. The van der Waals surface area contributed by atoms with Crippen LogP contribution in [0.2, 0.25) is 0 Å². The molecule has 3 aliphatic rings. The maximum atomic E-state index is 8.58. The number of ether oxygens (including phenoxy) is 1. The summed E-state index contributed by atoms with van der Waals surface area (Å²) >= 11 is 0. The van der Waals surface area contributed by atoms with Crippen molar-refractivity contribution >= 4 is 12.1 Å². The Kier molecular flexibility index (Phi) is 9.79. The third-order valence-electron chi connectivity index (χ3n) is 7.39. The van der Waals surface area contributed by atoms with E-state index in [1.54, 1.807) is 0 Å². The Hall–Kier alpha value is -3.10. The normalized spacial score (nSPS) is 22.1. The fourth-order valence-corrected chi connectivity index (χ4v) is 5.45. The van der Waals surface area contributed by atoms with E-state index in [1.807, 2.05) is 6.33 Å². The lowest BCUT2D eigenvalue weighted by Gasteiger charge is -2.26. The van der Waals surface area contributed by atoms with E-state index in [1.165, 1.54) is 23.4 Å². The minimum Gasteiger partial charge on any atom is -0.495 e. The molecule has 8 heteroatoms. The van der Waals surface area contributed by atoms with Gasteiger partial charge >= 0.3 is 0 Å². The van der Waals surface area contributed by atoms with Crippen LogP contribution < -0.4 is 16.0 Å². The van der Waals surface area contributed by atoms with Crippen molar-refractivity contribution in [3.63, 3.8) is 0 Å². The number of aryl methyl sites for hydroxylation is 1. The van der Waals surface area contributed by atoms with Crippen molar-refractivity contribution in [3.8, 4) is 5.69 Å². The third kappa shape index (κ3) is 7.69. The van der Waals surface area contributed by atoms with Gasteiger partial charge in [0.05, 0.1) is 23.9 Å². The van der Waals surface area contributed by atoms with E-state index in [0.29, 0.717) is 12.1 Å². The summed E-state index contributed by atoms with van der Waals surface area (Å²) in [5.74, 6) is 1.16. The molecule has 2 fully saturated rings. The van der Waals surface area contributed by atoms with Crippen LogP contribution in [0.3, 0.4) is 0 Å². The van der Waals surface area contributed by atoms with Gasteiger partial charge in [0.25, 0.3) is 0 Å². The van der Waals surface area contributed by atoms with Crippen LogP contribution in [-0.4, -0.2) is 66.2 Å². The van der Waals surface area contributed by atoms with Crippen LogP contribution in [0.15, 0.2) is 54.7 Å². The van der Waals surface area contributed by atoms with Crippen molar-refractivity contribution in [3.05, 3.63) is 66.0 Å². The van der Waals surface area contributed by atoms with Crippen LogP contribution in [0.4, 0.5) is 5.69 Å².